The number of fused-ring (bicyclic) bond motifs is 1. The molecule has 0 aliphatic carbocycles. The summed E-state index contributed by atoms with van der Waals surface area (Å²) in [6.07, 6.45) is 2.29. The van der Waals surface area contributed by atoms with Crippen LogP contribution in [0.3, 0.4) is 0 Å². The van der Waals surface area contributed by atoms with Crippen LogP contribution in [0.2, 0.25) is 0 Å². The van der Waals surface area contributed by atoms with E-state index in [2.05, 4.69) is 11.1 Å². The lowest BCUT2D eigenvalue weighted by Gasteiger charge is -2.46. The van der Waals surface area contributed by atoms with E-state index in [1.165, 1.54) is 6.26 Å². The molecule has 2 aromatic carbocycles. The van der Waals surface area contributed by atoms with E-state index in [0.717, 1.165) is 11.3 Å². The third-order valence-corrected chi connectivity index (χ3v) is 5.05. The van der Waals surface area contributed by atoms with Gasteiger partial charge < -0.3 is 19.2 Å². The number of aromatic nitrogens is 1. The number of para-hydroxylation sites is 1. The number of anilines is 1. The number of aliphatic hydroxyl groups is 1. The molecule has 28 heavy (non-hydrogen) atoms. The first kappa shape index (κ1) is 18.1. The van der Waals surface area contributed by atoms with Gasteiger partial charge in [0.1, 0.15) is 23.7 Å². The second-order valence-corrected chi connectivity index (χ2v) is 7.35. The molecule has 0 saturated carbocycles. The quantitative estimate of drug-likeness (QED) is 0.746. The Bertz CT molecular complexity index is 994. The number of nitrogens with zero attached hydrogens (tertiary/aromatic N) is 3. The Labute approximate surface area is 163 Å². The van der Waals surface area contributed by atoms with Crippen molar-refractivity contribution in [3.8, 4) is 11.8 Å². The van der Waals surface area contributed by atoms with E-state index in [-0.39, 0.29) is 0 Å². The molecule has 0 saturated heterocycles. The number of ether oxygens (including phenoxy) is 1. The Morgan fingerprint density at radius 2 is 2.00 bits per heavy atom. The average Bonchev–Trinajstić information content (AvgIpc) is 3.21. The Hall–Kier alpha value is -3.30. The molecule has 0 spiro atoms. The Morgan fingerprint density at radius 1 is 1.21 bits per heavy atom. The largest absolute Gasteiger partial charge is 0.485 e. The summed E-state index contributed by atoms with van der Waals surface area (Å²) in [5.41, 5.74) is 1.38. The van der Waals surface area contributed by atoms with Gasteiger partial charge in [0.25, 0.3) is 0 Å². The van der Waals surface area contributed by atoms with Crippen molar-refractivity contribution < 1.29 is 14.3 Å². The van der Waals surface area contributed by atoms with E-state index in [0.29, 0.717) is 23.7 Å². The van der Waals surface area contributed by atoms with Crippen molar-refractivity contribution in [1.29, 1.82) is 5.26 Å². The molecule has 4 rings (SSSR count). The molecule has 2 atom stereocenters. The first-order chi connectivity index (χ1) is 13.5. The van der Waals surface area contributed by atoms with Gasteiger partial charge in [-0.1, -0.05) is 18.2 Å². The van der Waals surface area contributed by atoms with Crippen LogP contribution in [0.4, 0.5) is 5.69 Å². The van der Waals surface area contributed by atoms with Crippen molar-refractivity contribution >= 4 is 5.69 Å². The summed E-state index contributed by atoms with van der Waals surface area (Å²) in [5.74, 6) is 1.20. The van der Waals surface area contributed by atoms with E-state index >= 15 is 0 Å². The minimum atomic E-state index is -0.843. The lowest BCUT2D eigenvalue weighted by molar-refractivity contribution is -0.0592. The summed E-state index contributed by atoms with van der Waals surface area (Å²) < 4.78 is 11.5. The van der Waals surface area contributed by atoms with E-state index in [9.17, 15) is 10.4 Å². The number of hydrogen-bond donors (Lipinski definition) is 1. The zero-order valence-corrected chi connectivity index (χ0v) is 15.7. The van der Waals surface area contributed by atoms with Gasteiger partial charge in [0.05, 0.1) is 30.4 Å². The minimum Gasteiger partial charge on any atom is -0.485 e. The molecule has 1 unspecified atom stereocenters. The van der Waals surface area contributed by atoms with Crippen LogP contribution >= 0.6 is 0 Å². The van der Waals surface area contributed by atoms with Crippen molar-refractivity contribution in [3.63, 3.8) is 0 Å². The first-order valence-electron chi connectivity index (χ1n) is 9.11. The summed E-state index contributed by atoms with van der Waals surface area (Å²) in [7, 11) is 0. The van der Waals surface area contributed by atoms with Crippen molar-refractivity contribution in [2.45, 2.75) is 38.1 Å². The fraction of sp³-hybridized carbons (Fsp3) is 0.273. The fourth-order valence-corrected chi connectivity index (χ4v) is 3.62. The molecule has 1 aliphatic rings. The SMILES string of the molecule is CC1(C)Oc2ccc(C#N)cc2C(N(Cc2ncco2)c2ccccc2)[C@H]1O. The predicted octanol–water partition coefficient (Wildman–Crippen LogP) is 3.83. The smallest absolute Gasteiger partial charge is 0.213 e. The molecule has 3 aromatic rings. The molecular weight excluding hydrogens is 354 g/mol. The van der Waals surface area contributed by atoms with Gasteiger partial charge in [0.2, 0.25) is 5.89 Å². The van der Waals surface area contributed by atoms with Crippen LogP contribution in [0, 0.1) is 11.3 Å². The monoisotopic (exact) mass is 375 g/mol. The second-order valence-electron chi connectivity index (χ2n) is 7.35. The molecule has 142 valence electrons. The van der Waals surface area contributed by atoms with Crippen molar-refractivity contribution in [3.05, 3.63) is 78.0 Å². The molecule has 2 heterocycles. The number of aliphatic hydroxyl groups excluding tert-OH is 1. The summed E-state index contributed by atoms with van der Waals surface area (Å²) in [6.45, 7) is 4.09. The van der Waals surface area contributed by atoms with E-state index in [1.807, 2.05) is 49.1 Å². The predicted molar refractivity (Wildman–Crippen MR) is 104 cm³/mol. The van der Waals surface area contributed by atoms with Crippen LogP contribution < -0.4 is 9.64 Å². The van der Waals surface area contributed by atoms with Gasteiger partial charge in [0, 0.05) is 11.3 Å². The molecule has 0 amide bonds. The third kappa shape index (κ3) is 3.21. The number of hydrogen-bond acceptors (Lipinski definition) is 6. The van der Waals surface area contributed by atoms with Crippen molar-refractivity contribution in [1.82, 2.24) is 4.98 Å². The summed E-state index contributed by atoms with van der Waals surface area (Å²) in [6, 6.07) is 16.8. The molecule has 0 bridgehead atoms. The second kappa shape index (κ2) is 7.02. The van der Waals surface area contributed by atoms with Crippen LogP contribution in [-0.4, -0.2) is 21.8 Å². The molecule has 6 nitrogen and oxygen atoms in total. The number of nitriles is 1. The van der Waals surface area contributed by atoms with Gasteiger partial charge in [-0.25, -0.2) is 4.98 Å². The van der Waals surface area contributed by atoms with Crippen LogP contribution in [-0.2, 0) is 6.54 Å². The maximum Gasteiger partial charge on any atom is 0.213 e. The number of benzene rings is 2. The van der Waals surface area contributed by atoms with Gasteiger partial charge in [0.15, 0.2) is 0 Å². The van der Waals surface area contributed by atoms with Crippen molar-refractivity contribution in [2.24, 2.45) is 0 Å². The zero-order valence-electron chi connectivity index (χ0n) is 15.7. The van der Waals surface area contributed by atoms with Gasteiger partial charge in [-0.3, -0.25) is 0 Å². The molecule has 1 N–H and O–H groups in total. The Kier molecular flexibility index (Phi) is 4.54. The van der Waals surface area contributed by atoms with E-state index in [4.69, 9.17) is 9.15 Å². The lowest BCUT2D eigenvalue weighted by Crippen LogP contribution is -2.53. The summed E-state index contributed by atoms with van der Waals surface area (Å²) in [5, 5.41) is 20.6. The minimum absolute atomic E-state index is 0.366. The lowest BCUT2D eigenvalue weighted by atomic mass is 9.84. The average molecular weight is 375 g/mol. The van der Waals surface area contributed by atoms with Crippen LogP contribution in [0.5, 0.6) is 5.75 Å². The molecular formula is C22H21N3O3. The molecule has 0 radical (unpaired) electrons. The highest BCUT2D eigenvalue weighted by atomic mass is 16.5. The molecule has 1 aliphatic heterocycles. The maximum atomic E-state index is 11.3. The van der Waals surface area contributed by atoms with E-state index in [1.54, 1.807) is 24.4 Å². The molecule has 1 aromatic heterocycles. The fourth-order valence-electron chi connectivity index (χ4n) is 3.62. The van der Waals surface area contributed by atoms with Gasteiger partial charge >= 0.3 is 0 Å². The van der Waals surface area contributed by atoms with Gasteiger partial charge in [-0.05, 0) is 44.2 Å². The maximum absolute atomic E-state index is 11.3. The zero-order chi connectivity index (χ0) is 19.7. The van der Waals surface area contributed by atoms with Gasteiger partial charge in [-0.15, -0.1) is 0 Å². The standard InChI is InChI=1S/C22H21N3O3/c1-22(2)21(26)20(17-12-15(13-23)8-9-18(17)28-22)25(14-19-24-10-11-27-19)16-6-4-3-5-7-16/h3-12,20-21,26H,14H2,1-2H3/t20?,21-/m1/s1. The summed E-state index contributed by atoms with van der Waals surface area (Å²) in [4.78, 5) is 6.30. The van der Waals surface area contributed by atoms with Crippen LogP contribution in [0.25, 0.3) is 0 Å². The highest BCUT2D eigenvalue weighted by Gasteiger charge is 2.46. The van der Waals surface area contributed by atoms with Crippen LogP contribution in [0.15, 0.2) is 65.4 Å². The van der Waals surface area contributed by atoms with Gasteiger partial charge in [-0.2, -0.15) is 5.26 Å². The first-order valence-corrected chi connectivity index (χ1v) is 9.11. The Morgan fingerprint density at radius 3 is 2.68 bits per heavy atom. The normalized spacial score (nSPS) is 19.9. The topological polar surface area (TPSA) is 82.5 Å². The number of oxazole rings is 1. The highest BCUT2D eigenvalue weighted by Crippen LogP contribution is 2.45. The number of rotatable bonds is 4. The van der Waals surface area contributed by atoms with Crippen molar-refractivity contribution in [2.75, 3.05) is 4.90 Å². The highest BCUT2D eigenvalue weighted by molar-refractivity contribution is 5.54. The third-order valence-electron chi connectivity index (χ3n) is 5.05. The van der Waals surface area contributed by atoms with Crippen LogP contribution in [0.1, 0.15) is 36.9 Å². The molecule has 6 heteroatoms. The molecule has 0 fully saturated rings. The Balaban J connectivity index is 1.87. The van der Waals surface area contributed by atoms with E-state index < -0.39 is 17.7 Å². The summed E-state index contributed by atoms with van der Waals surface area (Å²) >= 11 is 0.